The van der Waals surface area contributed by atoms with Crippen LogP contribution in [0.1, 0.15) is 30.1 Å². The van der Waals surface area contributed by atoms with E-state index in [2.05, 4.69) is 38.8 Å². The van der Waals surface area contributed by atoms with Gasteiger partial charge in [0.05, 0.1) is 5.56 Å². The second-order valence-corrected chi connectivity index (χ2v) is 6.82. The normalized spacial score (nSPS) is 23.5. The number of amides is 1. The van der Waals surface area contributed by atoms with Crippen molar-refractivity contribution in [3.63, 3.8) is 0 Å². The van der Waals surface area contributed by atoms with Crippen LogP contribution in [-0.2, 0) is 0 Å². The lowest BCUT2D eigenvalue weighted by Gasteiger charge is -2.39. The molecule has 1 aromatic carbocycles. The minimum atomic E-state index is 0.0707. The molecule has 1 aromatic rings. The highest BCUT2D eigenvalue weighted by atomic mass is 79.9. The number of carbonyl (C=O) groups is 1. The molecule has 5 heteroatoms. The zero-order valence-corrected chi connectivity index (χ0v) is 14.1. The van der Waals surface area contributed by atoms with E-state index < -0.39 is 0 Å². The molecule has 1 aliphatic heterocycles. The van der Waals surface area contributed by atoms with E-state index in [1.54, 1.807) is 0 Å². The Kier molecular flexibility index (Phi) is 5.03. The van der Waals surface area contributed by atoms with Gasteiger partial charge in [-0.15, -0.1) is 0 Å². The Morgan fingerprint density at radius 1 is 1.47 bits per heavy atom. The fraction of sp³-hybridized carbons (Fsp3) is 0.500. The Balaban J connectivity index is 2.27. The van der Waals surface area contributed by atoms with Crippen molar-refractivity contribution in [3.05, 3.63) is 32.7 Å². The topological polar surface area (TPSA) is 46.3 Å². The van der Waals surface area contributed by atoms with Crippen LogP contribution in [0.4, 0.5) is 0 Å². The molecule has 0 bridgehead atoms. The molecule has 0 aromatic heterocycles. The van der Waals surface area contributed by atoms with E-state index in [1.807, 2.05) is 23.1 Å². The predicted octanol–water partition coefficient (Wildman–Crippen LogP) is 3.41. The number of piperidine rings is 1. The number of halogens is 2. The van der Waals surface area contributed by atoms with Crippen LogP contribution in [0.15, 0.2) is 27.1 Å². The molecule has 104 valence electrons. The quantitative estimate of drug-likeness (QED) is 0.842. The summed E-state index contributed by atoms with van der Waals surface area (Å²) < 4.78 is 1.78. The van der Waals surface area contributed by atoms with Crippen molar-refractivity contribution in [2.24, 2.45) is 11.7 Å². The first-order valence-electron chi connectivity index (χ1n) is 6.50. The summed E-state index contributed by atoms with van der Waals surface area (Å²) >= 11 is 6.86. The Bertz CT molecular complexity index is 479. The highest BCUT2D eigenvalue weighted by Gasteiger charge is 2.31. The van der Waals surface area contributed by atoms with Crippen LogP contribution in [0.2, 0.25) is 0 Å². The Labute approximate surface area is 130 Å². The monoisotopic (exact) mass is 388 g/mol. The maximum atomic E-state index is 12.7. The number of nitrogens with two attached hydrogens (primary N) is 1. The van der Waals surface area contributed by atoms with Gasteiger partial charge in [-0.3, -0.25) is 4.79 Å². The van der Waals surface area contributed by atoms with Crippen molar-refractivity contribution in [1.29, 1.82) is 0 Å². The van der Waals surface area contributed by atoms with E-state index in [0.29, 0.717) is 18.0 Å². The van der Waals surface area contributed by atoms with Crippen LogP contribution >= 0.6 is 31.9 Å². The van der Waals surface area contributed by atoms with Gasteiger partial charge in [-0.25, -0.2) is 0 Å². The lowest BCUT2D eigenvalue weighted by Crippen LogP contribution is -2.51. The van der Waals surface area contributed by atoms with Crippen LogP contribution in [0.25, 0.3) is 0 Å². The Morgan fingerprint density at radius 2 is 2.21 bits per heavy atom. The summed E-state index contributed by atoms with van der Waals surface area (Å²) in [5.74, 6) is 0.540. The van der Waals surface area contributed by atoms with Crippen molar-refractivity contribution in [2.75, 3.05) is 13.1 Å². The lowest BCUT2D eigenvalue weighted by molar-refractivity contribution is 0.0531. The largest absolute Gasteiger partial charge is 0.334 e. The van der Waals surface area contributed by atoms with Gasteiger partial charge in [0.2, 0.25) is 0 Å². The molecule has 1 heterocycles. The molecule has 1 fully saturated rings. The fourth-order valence-corrected chi connectivity index (χ4v) is 3.90. The van der Waals surface area contributed by atoms with Gasteiger partial charge in [-0.2, -0.15) is 0 Å². The van der Waals surface area contributed by atoms with Crippen LogP contribution < -0.4 is 5.73 Å². The zero-order valence-electron chi connectivity index (χ0n) is 10.9. The van der Waals surface area contributed by atoms with Crippen LogP contribution in [0.3, 0.4) is 0 Å². The maximum Gasteiger partial charge on any atom is 0.255 e. The second kappa shape index (κ2) is 6.37. The lowest BCUT2D eigenvalue weighted by atomic mass is 9.90. The fourth-order valence-electron chi connectivity index (χ4n) is 2.68. The number of nitrogens with zero attached hydrogens (tertiary/aromatic N) is 1. The molecule has 1 saturated heterocycles. The van der Waals surface area contributed by atoms with E-state index in [0.717, 1.165) is 28.3 Å². The Morgan fingerprint density at radius 3 is 2.84 bits per heavy atom. The first-order chi connectivity index (χ1) is 9.04. The molecule has 0 radical (unpaired) electrons. The van der Waals surface area contributed by atoms with Gasteiger partial charge in [-0.1, -0.05) is 22.9 Å². The summed E-state index contributed by atoms with van der Waals surface area (Å²) in [4.78, 5) is 14.6. The van der Waals surface area contributed by atoms with Gasteiger partial charge in [-0.05, 0) is 52.9 Å². The van der Waals surface area contributed by atoms with E-state index >= 15 is 0 Å². The summed E-state index contributed by atoms with van der Waals surface area (Å²) in [7, 11) is 0. The number of rotatable bonds is 2. The Hall–Kier alpha value is -0.390. The second-order valence-electron chi connectivity index (χ2n) is 5.05. The predicted molar refractivity (Wildman–Crippen MR) is 84.1 cm³/mol. The smallest absolute Gasteiger partial charge is 0.255 e. The van der Waals surface area contributed by atoms with E-state index in [9.17, 15) is 4.79 Å². The van der Waals surface area contributed by atoms with Gasteiger partial charge in [0.1, 0.15) is 0 Å². The summed E-state index contributed by atoms with van der Waals surface area (Å²) in [6.45, 7) is 3.50. The van der Waals surface area contributed by atoms with Crippen molar-refractivity contribution >= 4 is 37.8 Å². The summed E-state index contributed by atoms with van der Waals surface area (Å²) in [6.07, 6.45) is 2.20. The highest BCUT2D eigenvalue weighted by molar-refractivity contribution is 9.11. The molecule has 1 aliphatic rings. The molecule has 3 nitrogen and oxygen atoms in total. The summed E-state index contributed by atoms with van der Waals surface area (Å²) in [5.41, 5.74) is 6.55. The molecule has 19 heavy (non-hydrogen) atoms. The van der Waals surface area contributed by atoms with E-state index in [1.165, 1.54) is 0 Å². The third-order valence-electron chi connectivity index (χ3n) is 3.78. The molecular weight excluding hydrogens is 372 g/mol. The molecule has 2 atom stereocenters. The number of likely N-dealkylation sites (tertiary alicyclic amines) is 1. The van der Waals surface area contributed by atoms with Gasteiger partial charge in [0.15, 0.2) is 0 Å². The standard InChI is InChI=1S/C14H18Br2N2O/c1-9-3-2-6-18(13(9)8-17)14(19)11-5-4-10(15)7-12(11)16/h4-5,7,9,13H,2-3,6,8,17H2,1H3. The number of carbonyl (C=O) groups excluding carboxylic acids is 1. The third-order valence-corrected chi connectivity index (χ3v) is 4.93. The highest BCUT2D eigenvalue weighted by Crippen LogP contribution is 2.28. The minimum absolute atomic E-state index is 0.0707. The number of benzene rings is 1. The maximum absolute atomic E-state index is 12.7. The van der Waals surface area contributed by atoms with Crippen LogP contribution in [0.5, 0.6) is 0 Å². The molecule has 0 saturated carbocycles. The van der Waals surface area contributed by atoms with Crippen molar-refractivity contribution < 1.29 is 4.79 Å². The van der Waals surface area contributed by atoms with Crippen LogP contribution in [-0.4, -0.2) is 29.9 Å². The number of hydrogen-bond donors (Lipinski definition) is 1. The van der Waals surface area contributed by atoms with Gasteiger partial charge >= 0.3 is 0 Å². The first-order valence-corrected chi connectivity index (χ1v) is 8.09. The molecular formula is C14H18Br2N2O. The molecule has 2 unspecified atom stereocenters. The van der Waals surface area contributed by atoms with Gasteiger partial charge < -0.3 is 10.6 Å². The first kappa shape index (κ1) is 15.0. The molecule has 0 aliphatic carbocycles. The SMILES string of the molecule is CC1CCCN(C(=O)c2ccc(Br)cc2Br)C1CN. The van der Waals surface area contributed by atoms with Crippen molar-refractivity contribution in [2.45, 2.75) is 25.8 Å². The van der Waals surface area contributed by atoms with Crippen molar-refractivity contribution in [3.8, 4) is 0 Å². The van der Waals surface area contributed by atoms with Crippen LogP contribution in [0, 0.1) is 5.92 Å². The number of hydrogen-bond acceptors (Lipinski definition) is 2. The molecule has 0 spiro atoms. The molecule has 2 rings (SSSR count). The minimum Gasteiger partial charge on any atom is -0.334 e. The zero-order chi connectivity index (χ0) is 14.0. The average molecular weight is 390 g/mol. The average Bonchev–Trinajstić information content (AvgIpc) is 2.37. The van der Waals surface area contributed by atoms with Gasteiger partial charge in [0, 0.05) is 28.1 Å². The molecule has 2 N–H and O–H groups in total. The van der Waals surface area contributed by atoms with E-state index in [4.69, 9.17) is 5.73 Å². The third kappa shape index (κ3) is 3.20. The van der Waals surface area contributed by atoms with Gasteiger partial charge in [0.25, 0.3) is 5.91 Å². The van der Waals surface area contributed by atoms with Crippen molar-refractivity contribution in [1.82, 2.24) is 4.90 Å². The molecule has 1 amide bonds. The van der Waals surface area contributed by atoms with E-state index in [-0.39, 0.29) is 11.9 Å². The summed E-state index contributed by atoms with van der Waals surface area (Å²) in [6, 6.07) is 5.79. The summed E-state index contributed by atoms with van der Waals surface area (Å²) in [5, 5.41) is 0.